The fourth-order valence-electron chi connectivity index (χ4n) is 3.69. The Bertz CT molecular complexity index is 1510. The third-order valence-electron chi connectivity index (χ3n) is 5.10. The summed E-state index contributed by atoms with van der Waals surface area (Å²) < 4.78 is 0. The van der Waals surface area contributed by atoms with Gasteiger partial charge in [-0.2, -0.15) is 0 Å². The highest BCUT2D eigenvalue weighted by Crippen LogP contribution is 2.32. The molecule has 0 amide bonds. The highest BCUT2D eigenvalue weighted by molar-refractivity contribution is 7.99. The summed E-state index contributed by atoms with van der Waals surface area (Å²) in [6, 6.07) is 25.0. The van der Waals surface area contributed by atoms with Gasteiger partial charge >= 0.3 is 0 Å². The van der Waals surface area contributed by atoms with Crippen molar-refractivity contribution in [2.45, 2.75) is 9.79 Å². The molecule has 2 aliphatic heterocycles. The lowest BCUT2D eigenvalue weighted by Gasteiger charge is -1.98. The maximum Gasteiger partial charge on any atom is 0.0659 e. The molecule has 0 atom stereocenters. The van der Waals surface area contributed by atoms with Gasteiger partial charge in [-0.05, 0) is 78.9 Å². The lowest BCUT2D eigenvalue weighted by atomic mass is 10.3. The van der Waals surface area contributed by atoms with Gasteiger partial charge in [0.05, 0.1) is 28.3 Å². The quantitative estimate of drug-likeness (QED) is 0.325. The first-order chi connectivity index (χ1) is 15.3. The van der Waals surface area contributed by atoms with Crippen LogP contribution in [0.2, 0.25) is 0 Å². The molecule has 2 aliphatic rings. The Hall–Kier alpha value is -3.83. The van der Waals surface area contributed by atoms with E-state index in [1.807, 2.05) is 36.4 Å². The molecule has 4 aromatic rings. The molecule has 5 heterocycles. The highest BCUT2D eigenvalue weighted by atomic mass is 32.2. The molecule has 4 nitrogen and oxygen atoms in total. The Morgan fingerprint density at radius 2 is 1.19 bits per heavy atom. The number of hydrogen-bond acceptors (Lipinski definition) is 3. The number of aromatic amines is 2. The number of fused-ring (bicyclic) bond motifs is 8. The second-order valence-corrected chi connectivity index (χ2v) is 8.57. The zero-order chi connectivity index (χ0) is 20.6. The minimum atomic E-state index is 0.903. The molecule has 148 valence electrons. The third kappa shape index (κ3) is 3.83. The molecule has 0 spiro atoms. The van der Waals surface area contributed by atoms with Gasteiger partial charge in [0, 0.05) is 26.3 Å². The summed E-state index contributed by atoms with van der Waals surface area (Å²) in [5.41, 5.74) is 7.80. The number of nitrogens with one attached hydrogen (secondary N) is 2. The van der Waals surface area contributed by atoms with Crippen LogP contribution in [-0.2, 0) is 0 Å². The van der Waals surface area contributed by atoms with E-state index in [0.717, 1.165) is 49.7 Å². The molecule has 0 unspecified atom stereocenters. The maximum absolute atomic E-state index is 4.76. The molecular weight excluding hydrogens is 400 g/mol. The zero-order valence-electron chi connectivity index (χ0n) is 16.5. The minimum Gasteiger partial charge on any atom is -0.355 e. The summed E-state index contributed by atoms with van der Waals surface area (Å²) in [5, 5.41) is 0. The number of hydrogen-bond donors (Lipinski definition) is 2. The number of rotatable bonds is 2. The van der Waals surface area contributed by atoms with E-state index in [-0.39, 0.29) is 0 Å². The predicted octanol–water partition coefficient (Wildman–Crippen LogP) is 6.81. The third-order valence-corrected chi connectivity index (χ3v) is 6.17. The molecule has 0 radical (unpaired) electrons. The van der Waals surface area contributed by atoms with E-state index in [1.54, 1.807) is 11.8 Å². The molecule has 8 bridgehead atoms. The van der Waals surface area contributed by atoms with Crippen molar-refractivity contribution < 1.29 is 0 Å². The van der Waals surface area contributed by atoms with Crippen LogP contribution in [-0.4, -0.2) is 19.9 Å². The minimum absolute atomic E-state index is 0.903. The van der Waals surface area contributed by atoms with Crippen molar-refractivity contribution in [3.63, 3.8) is 0 Å². The van der Waals surface area contributed by atoms with E-state index < -0.39 is 0 Å². The van der Waals surface area contributed by atoms with Crippen LogP contribution in [0.5, 0.6) is 0 Å². The maximum atomic E-state index is 4.76. The fourth-order valence-corrected chi connectivity index (χ4v) is 4.64. The van der Waals surface area contributed by atoms with Gasteiger partial charge in [0.25, 0.3) is 0 Å². The van der Waals surface area contributed by atoms with Crippen molar-refractivity contribution in [1.82, 2.24) is 19.9 Å². The Kier molecular flexibility index (Phi) is 4.32. The van der Waals surface area contributed by atoms with Crippen molar-refractivity contribution in [3.05, 3.63) is 95.6 Å². The predicted molar refractivity (Wildman–Crippen MR) is 129 cm³/mol. The standard InChI is InChI=1S/C26H18N4S/c1-2-4-24(5-3-1)31-26-16-23-14-21-9-8-19(28-21)12-17-6-7-18(27-17)13-20-10-11-22(29-20)15-25(26)30-23/h1-16,28,30H. The van der Waals surface area contributed by atoms with E-state index in [2.05, 4.69) is 75.6 Å². The zero-order valence-corrected chi connectivity index (χ0v) is 17.4. The number of nitrogens with zero attached hydrogens (tertiary/aromatic N) is 2. The SMILES string of the molecule is C1=Cc2cc3ccc(cc4cc(Sc5ccccc5)c(cc5nc(cc1n2)C=C5)[nH]4)[nH]3. The van der Waals surface area contributed by atoms with Gasteiger partial charge in [0.15, 0.2) is 0 Å². The molecule has 1 aromatic carbocycles. The van der Waals surface area contributed by atoms with Crippen molar-refractivity contribution in [3.8, 4) is 0 Å². The van der Waals surface area contributed by atoms with Gasteiger partial charge in [-0.3, -0.25) is 0 Å². The van der Waals surface area contributed by atoms with Crippen LogP contribution in [0.4, 0.5) is 0 Å². The molecule has 31 heavy (non-hydrogen) atoms. The van der Waals surface area contributed by atoms with Crippen LogP contribution in [0.1, 0.15) is 22.8 Å². The Morgan fingerprint density at radius 1 is 0.548 bits per heavy atom. The van der Waals surface area contributed by atoms with E-state index in [0.29, 0.717) is 0 Å². The van der Waals surface area contributed by atoms with Gasteiger partial charge in [0.1, 0.15) is 0 Å². The molecule has 5 heteroatoms. The van der Waals surface area contributed by atoms with Crippen molar-refractivity contribution in [2.75, 3.05) is 0 Å². The Labute approximate surface area is 183 Å². The van der Waals surface area contributed by atoms with Crippen molar-refractivity contribution in [1.29, 1.82) is 0 Å². The summed E-state index contributed by atoms with van der Waals surface area (Å²) in [5.74, 6) is 0. The number of benzene rings is 1. The molecule has 0 fully saturated rings. The lowest BCUT2D eigenvalue weighted by Crippen LogP contribution is -1.77. The largest absolute Gasteiger partial charge is 0.355 e. The molecule has 3 aromatic heterocycles. The summed E-state index contributed by atoms with van der Waals surface area (Å²) in [6.45, 7) is 0. The summed E-state index contributed by atoms with van der Waals surface area (Å²) in [4.78, 5) is 18.8. The molecular formula is C26H18N4S. The Balaban J connectivity index is 1.60. The topological polar surface area (TPSA) is 57.4 Å². The van der Waals surface area contributed by atoms with Crippen LogP contribution in [0, 0.1) is 0 Å². The average molecular weight is 419 g/mol. The molecule has 0 saturated heterocycles. The summed E-state index contributed by atoms with van der Waals surface area (Å²) >= 11 is 1.75. The monoisotopic (exact) mass is 418 g/mol. The van der Waals surface area contributed by atoms with Crippen LogP contribution in [0.25, 0.3) is 46.4 Å². The number of H-pyrrole nitrogens is 2. The average Bonchev–Trinajstić information content (AvgIpc) is 3.55. The summed E-state index contributed by atoms with van der Waals surface area (Å²) in [7, 11) is 0. The first kappa shape index (κ1) is 18.0. The second kappa shape index (κ2) is 7.45. The van der Waals surface area contributed by atoms with E-state index in [9.17, 15) is 0 Å². The molecule has 0 saturated carbocycles. The van der Waals surface area contributed by atoms with Gasteiger partial charge in [-0.25, -0.2) is 9.97 Å². The van der Waals surface area contributed by atoms with Gasteiger partial charge in [-0.15, -0.1) is 0 Å². The number of aromatic nitrogens is 4. The fraction of sp³-hybridized carbons (Fsp3) is 0. The molecule has 2 N–H and O–H groups in total. The van der Waals surface area contributed by atoms with E-state index in [1.165, 1.54) is 4.90 Å². The van der Waals surface area contributed by atoms with Gasteiger partial charge < -0.3 is 9.97 Å². The van der Waals surface area contributed by atoms with Crippen LogP contribution in [0.3, 0.4) is 0 Å². The van der Waals surface area contributed by atoms with E-state index in [4.69, 9.17) is 4.98 Å². The second-order valence-electron chi connectivity index (χ2n) is 7.45. The molecule has 0 aliphatic carbocycles. The lowest BCUT2D eigenvalue weighted by molar-refractivity contribution is 1.27. The van der Waals surface area contributed by atoms with Crippen molar-refractivity contribution >= 4 is 58.1 Å². The van der Waals surface area contributed by atoms with Gasteiger partial charge in [-0.1, -0.05) is 30.0 Å². The molecule has 6 rings (SSSR count). The van der Waals surface area contributed by atoms with Crippen LogP contribution < -0.4 is 0 Å². The normalized spacial score (nSPS) is 12.4. The summed E-state index contributed by atoms with van der Waals surface area (Å²) in [6.07, 6.45) is 8.11. The van der Waals surface area contributed by atoms with E-state index >= 15 is 0 Å². The highest BCUT2D eigenvalue weighted by Gasteiger charge is 2.06. The smallest absolute Gasteiger partial charge is 0.0659 e. The Morgan fingerprint density at radius 3 is 1.94 bits per heavy atom. The van der Waals surface area contributed by atoms with Crippen LogP contribution >= 0.6 is 11.8 Å². The van der Waals surface area contributed by atoms with Crippen LogP contribution in [0.15, 0.2) is 82.6 Å². The van der Waals surface area contributed by atoms with Crippen molar-refractivity contribution in [2.24, 2.45) is 0 Å². The van der Waals surface area contributed by atoms with Gasteiger partial charge in [0.2, 0.25) is 0 Å². The first-order valence-corrected chi connectivity index (χ1v) is 10.9. The first-order valence-electron chi connectivity index (χ1n) is 10.1.